The van der Waals surface area contributed by atoms with Gasteiger partial charge in [0.25, 0.3) is 0 Å². The van der Waals surface area contributed by atoms with E-state index in [0.29, 0.717) is 12.8 Å². The largest absolute Gasteiger partial charge is 0.472 e. The molecule has 1 saturated carbocycles. The number of esters is 2. The van der Waals surface area contributed by atoms with Crippen molar-refractivity contribution in [3.8, 4) is 0 Å². The van der Waals surface area contributed by atoms with Gasteiger partial charge in [-0.1, -0.05) is 133 Å². The minimum atomic E-state index is -5.12. The lowest BCUT2D eigenvalue weighted by Crippen LogP contribution is -2.64. The van der Waals surface area contributed by atoms with Crippen LogP contribution in [0.25, 0.3) is 0 Å². The third-order valence-corrected chi connectivity index (χ3v) is 10.7. The van der Waals surface area contributed by atoms with Crippen molar-refractivity contribution in [1.29, 1.82) is 0 Å². The topological polar surface area (TPSA) is 210 Å². The van der Waals surface area contributed by atoms with Crippen LogP contribution in [0.3, 0.4) is 0 Å². The van der Waals surface area contributed by atoms with Crippen LogP contribution in [0.15, 0.2) is 48.6 Å². The van der Waals surface area contributed by atoms with Crippen molar-refractivity contribution < 1.29 is 63.1 Å². The highest BCUT2D eigenvalue weighted by molar-refractivity contribution is 7.47. The van der Waals surface area contributed by atoms with E-state index in [9.17, 15) is 44.6 Å². The zero-order valence-corrected chi connectivity index (χ0v) is 35.5. The maximum atomic E-state index is 12.8. The van der Waals surface area contributed by atoms with E-state index in [1.165, 1.54) is 44.9 Å². The van der Waals surface area contributed by atoms with Crippen molar-refractivity contribution in [3.63, 3.8) is 0 Å². The molecule has 330 valence electrons. The van der Waals surface area contributed by atoms with E-state index >= 15 is 0 Å². The molecule has 1 aliphatic rings. The van der Waals surface area contributed by atoms with E-state index in [1.807, 2.05) is 24.3 Å². The summed E-state index contributed by atoms with van der Waals surface area (Å²) in [4.78, 5) is 35.6. The van der Waals surface area contributed by atoms with Crippen LogP contribution in [0.4, 0.5) is 0 Å². The van der Waals surface area contributed by atoms with Gasteiger partial charge in [0, 0.05) is 12.8 Å². The number of aliphatic hydroxyl groups excluding tert-OH is 5. The standard InChI is InChI=1S/C43H75O13P/c1-3-5-7-9-11-13-15-17-18-20-21-23-25-27-29-31-36(44)53-33-35(34-54-57(51,52)56-43-41(49)39(47)38(46)40(48)42(43)50)55-37(45)32-30-28-26-24-22-19-16-14-12-10-8-6-4-2/h6,8,10,12-16,35,38-43,46-50H,3-5,7,9,11,17-34H2,1-2H3,(H,51,52)/b8-6+,12-10+,15-13+,16-14+/t35?,38?,39-,40?,41?,42?,43?/m0/s1. The number of hydrogen-bond acceptors (Lipinski definition) is 12. The Bertz CT molecular complexity index is 1190. The predicted molar refractivity (Wildman–Crippen MR) is 221 cm³/mol. The minimum Gasteiger partial charge on any atom is -0.462 e. The molecule has 1 fully saturated rings. The summed E-state index contributed by atoms with van der Waals surface area (Å²) in [5.74, 6) is -1.13. The molecular weight excluding hydrogens is 755 g/mol. The van der Waals surface area contributed by atoms with E-state index in [1.54, 1.807) is 0 Å². The van der Waals surface area contributed by atoms with Crippen LogP contribution in [0.5, 0.6) is 0 Å². The molecule has 1 aliphatic carbocycles. The quantitative estimate of drug-likeness (QED) is 0.0121. The first-order valence-electron chi connectivity index (χ1n) is 21.5. The maximum absolute atomic E-state index is 12.8. The molecule has 0 bridgehead atoms. The summed E-state index contributed by atoms with van der Waals surface area (Å²) in [6.07, 6.45) is 24.6. The Morgan fingerprint density at radius 2 is 1.02 bits per heavy atom. The van der Waals surface area contributed by atoms with Crippen LogP contribution >= 0.6 is 7.82 Å². The summed E-state index contributed by atoms with van der Waals surface area (Å²) < 4.78 is 33.4. The van der Waals surface area contributed by atoms with E-state index in [0.717, 1.165) is 70.6 Å². The van der Waals surface area contributed by atoms with Gasteiger partial charge in [0.05, 0.1) is 6.61 Å². The molecule has 6 N–H and O–H groups in total. The molecule has 0 spiro atoms. The number of carbonyl (C=O) groups excluding carboxylic acids is 2. The number of ether oxygens (including phenoxy) is 2. The van der Waals surface area contributed by atoms with Crippen molar-refractivity contribution in [1.82, 2.24) is 0 Å². The summed E-state index contributed by atoms with van der Waals surface area (Å²) in [5, 5.41) is 50.0. The number of aliphatic hydroxyl groups is 5. The van der Waals surface area contributed by atoms with Crippen molar-refractivity contribution >= 4 is 19.8 Å². The summed E-state index contributed by atoms with van der Waals surface area (Å²) in [6, 6.07) is 0. The Hall–Kier alpha value is -2.19. The first-order valence-corrected chi connectivity index (χ1v) is 23.0. The Morgan fingerprint density at radius 1 is 0.561 bits per heavy atom. The average molecular weight is 831 g/mol. The van der Waals surface area contributed by atoms with Crippen LogP contribution in [0, 0.1) is 0 Å². The number of unbranched alkanes of at least 4 members (excludes halogenated alkanes) is 16. The summed E-state index contributed by atoms with van der Waals surface area (Å²) in [5.41, 5.74) is 0. The zero-order valence-electron chi connectivity index (χ0n) is 34.6. The smallest absolute Gasteiger partial charge is 0.462 e. The number of allylic oxidation sites excluding steroid dienone is 8. The molecule has 0 saturated heterocycles. The fourth-order valence-corrected chi connectivity index (χ4v) is 7.19. The lowest BCUT2D eigenvalue weighted by atomic mass is 9.85. The second-order valence-electron chi connectivity index (χ2n) is 14.9. The molecule has 7 unspecified atom stereocenters. The third kappa shape index (κ3) is 26.5. The molecule has 57 heavy (non-hydrogen) atoms. The maximum Gasteiger partial charge on any atom is 0.472 e. The van der Waals surface area contributed by atoms with E-state index in [4.69, 9.17) is 18.5 Å². The van der Waals surface area contributed by atoms with Crippen molar-refractivity contribution in [3.05, 3.63) is 48.6 Å². The minimum absolute atomic E-state index is 0.0715. The van der Waals surface area contributed by atoms with E-state index in [2.05, 4.69) is 38.2 Å². The Labute approximate surface area is 341 Å². The Kier molecular flexibility index (Phi) is 31.2. The van der Waals surface area contributed by atoms with Gasteiger partial charge in [-0.05, 0) is 57.8 Å². The summed E-state index contributed by atoms with van der Waals surface area (Å²) >= 11 is 0. The van der Waals surface area contributed by atoms with Crippen molar-refractivity contribution in [2.75, 3.05) is 13.2 Å². The summed E-state index contributed by atoms with van der Waals surface area (Å²) in [7, 11) is -5.12. The lowest BCUT2D eigenvalue weighted by molar-refractivity contribution is -0.220. The lowest BCUT2D eigenvalue weighted by Gasteiger charge is -2.41. The fourth-order valence-electron chi connectivity index (χ4n) is 6.22. The van der Waals surface area contributed by atoms with Crippen molar-refractivity contribution in [2.45, 2.75) is 198 Å². The number of carbonyl (C=O) groups is 2. The first kappa shape index (κ1) is 52.8. The van der Waals surface area contributed by atoms with Gasteiger partial charge in [-0.15, -0.1) is 0 Å². The molecule has 0 radical (unpaired) electrons. The van der Waals surface area contributed by atoms with Gasteiger partial charge in [-0.2, -0.15) is 0 Å². The average Bonchev–Trinajstić information content (AvgIpc) is 3.19. The monoisotopic (exact) mass is 830 g/mol. The van der Waals surface area contributed by atoms with E-state index in [-0.39, 0.29) is 12.8 Å². The summed E-state index contributed by atoms with van der Waals surface area (Å²) in [6.45, 7) is 3.11. The number of phosphoric acid groups is 1. The van der Waals surface area contributed by atoms with Gasteiger partial charge in [0.2, 0.25) is 0 Å². The molecule has 0 aromatic heterocycles. The Morgan fingerprint density at radius 3 is 1.56 bits per heavy atom. The SMILES string of the molecule is CC/C=C/C=C/C=C/CCCCCCCC(=O)OC(COC(=O)CCCCCCCCC/C=C/CCCCCC)COP(=O)(O)OC1C(O)C(O)C(O)[C@H](O)C1O. The van der Waals surface area contributed by atoms with Crippen molar-refractivity contribution in [2.24, 2.45) is 0 Å². The fraction of sp³-hybridized carbons (Fsp3) is 0.767. The third-order valence-electron chi connectivity index (χ3n) is 9.72. The van der Waals surface area contributed by atoms with Gasteiger partial charge >= 0.3 is 19.8 Å². The van der Waals surface area contributed by atoms with E-state index < -0.39 is 75.7 Å². The second-order valence-corrected chi connectivity index (χ2v) is 16.3. The molecule has 0 aliphatic heterocycles. The van der Waals surface area contributed by atoms with Gasteiger partial charge in [0.15, 0.2) is 6.10 Å². The first-order chi connectivity index (χ1) is 27.4. The Balaban J connectivity index is 2.51. The number of hydrogen-bond donors (Lipinski definition) is 6. The molecule has 0 aromatic rings. The van der Waals surface area contributed by atoms with Crippen LogP contribution in [-0.2, 0) is 32.7 Å². The predicted octanol–water partition coefficient (Wildman–Crippen LogP) is 7.61. The molecule has 0 aromatic carbocycles. The molecule has 0 heterocycles. The molecular formula is C43H75O13P. The molecule has 14 heteroatoms. The van der Waals surface area contributed by atoms with Gasteiger partial charge < -0.3 is 39.9 Å². The van der Waals surface area contributed by atoms with Crippen LogP contribution in [0.1, 0.15) is 155 Å². The highest BCUT2D eigenvalue weighted by Crippen LogP contribution is 2.47. The van der Waals surface area contributed by atoms with Gasteiger partial charge in [-0.3, -0.25) is 18.6 Å². The molecule has 8 atom stereocenters. The van der Waals surface area contributed by atoms with Gasteiger partial charge in [0.1, 0.15) is 43.2 Å². The number of phosphoric ester groups is 1. The molecule has 1 rings (SSSR count). The second kappa shape index (κ2) is 33.6. The van der Waals surface area contributed by atoms with Crippen LogP contribution in [0.2, 0.25) is 0 Å². The zero-order chi connectivity index (χ0) is 42.2. The highest BCUT2D eigenvalue weighted by Gasteiger charge is 2.51. The number of rotatable bonds is 34. The van der Waals surface area contributed by atoms with Gasteiger partial charge in [-0.25, -0.2) is 4.57 Å². The van der Waals surface area contributed by atoms with Crippen LogP contribution in [-0.4, -0.2) is 98.3 Å². The molecule has 13 nitrogen and oxygen atoms in total. The highest BCUT2D eigenvalue weighted by atomic mass is 31.2. The molecule has 0 amide bonds. The van der Waals surface area contributed by atoms with Crippen LogP contribution < -0.4 is 0 Å². The normalized spacial score (nSPS) is 23.2.